The molecule has 0 aromatic heterocycles. The fraction of sp³-hybridized carbons (Fsp3) is 0.818. The van der Waals surface area contributed by atoms with Crippen molar-refractivity contribution < 1.29 is 18.9 Å². The van der Waals surface area contributed by atoms with Gasteiger partial charge in [-0.05, 0) is 12.3 Å². The molecule has 2 aliphatic heterocycles. The van der Waals surface area contributed by atoms with Crippen molar-refractivity contribution in [3.05, 3.63) is 0 Å². The van der Waals surface area contributed by atoms with Gasteiger partial charge in [-0.1, -0.05) is 13.8 Å². The van der Waals surface area contributed by atoms with Gasteiger partial charge >= 0.3 is 0 Å². The van der Waals surface area contributed by atoms with Crippen LogP contribution in [0.15, 0.2) is 0 Å². The third-order valence-corrected chi connectivity index (χ3v) is 5.97. The first-order chi connectivity index (χ1) is 8.38. The molecule has 1 amide bonds. The number of aliphatic hydroxyl groups excluding tert-OH is 1. The highest BCUT2D eigenvalue weighted by Gasteiger charge is 2.73. The fourth-order valence-corrected chi connectivity index (χ4v) is 5.06. The van der Waals surface area contributed by atoms with E-state index in [1.54, 1.807) is 13.8 Å². The Kier molecular flexibility index (Phi) is 3.55. The van der Waals surface area contributed by atoms with Crippen molar-refractivity contribution in [2.75, 3.05) is 5.88 Å². The van der Waals surface area contributed by atoms with E-state index in [4.69, 9.17) is 11.6 Å². The summed E-state index contributed by atoms with van der Waals surface area (Å²) in [4.78, 5) is 23.8. The number of hydrogen-bond acceptors (Lipinski definition) is 4. The van der Waals surface area contributed by atoms with Gasteiger partial charge in [-0.3, -0.25) is 13.8 Å². The lowest BCUT2D eigenvalue weighted by atomic mass is 9.74. The summed E-state index contributed by atoms with van der Waals surface area (Å²) in [7, 11) is -1.99. The van der Waals surface area contributed by atoms with Crippen LogP contribution in [0.2, 0.25) is 0 Å². The molecule has 2 heterocycles. The van der Waals surface area contributed by atoms with Crippen molar-refractivity contribution in [1.82, 2.24) is 5.32 Å². The van der Waals surface area contributed by atoms with E-state index in [1.165, 1.54) is 0 Å². The maximum Gasteiger partial charge on any atom is 0.244 e. The van der Waals surface area contributed by atoms with E-state index in [9.17, 15) is 18.9 Å². The molecule has 2 aliphatic rings. The summed E-state index contributed by atoms with van der Waals surface area (Å²) in [6, 6.07) is -0.547. The molecule has 7 heteroatoms. The third-order valence-electron chi connectivity index (χ3n) is 3.79. The number of nitrogens with one attached hydrogen (secondary N) is 1. The highest BCUT2D eigenvalue weighted by molar-refractivity contribution is 8.03. The van der Waals surface area contributed by atoms with Crippen molar-refractivity contribution in [2.45, 2.75) is 37.2 Å². The quantitative estimate of drug-likeness (QED) is 0.554. The van der Waals surface area contributed by atoms with E-state index >= 15 is 0 Å². The standard InChI is InChI=1S/C11H16ClNO4S/c1-5(2)8(14)11-7(13-10(11)16)6(3-4-12)9(15)18(11)17/h5-8,14H,3-4H2,1-2H3,(H,13,16)/t6?,7-,8-,11-,18?/m0/s1. The minimum Gasteiger partial charge on any atom is -0.391 e. The van der Waals surface area contributed by atoms with Gasteiger partial charge in [-0.15, -0.1) is 11.6 Å². The number of rotatable bonds is 4. The van der Waals surface area contributed by atoms with E-state index in [1.807, 2.05) is 0 Å². The highest BCUT2D eigenvalue weighted by atomic mass is 35.5. The average molecular weight is 294 g/mol. The Balaban J connectivity index is 2.41. The molecular formula is C11H16ClNO4S. The van der Waals surface area contributed by atoms with Gasteiger partial charge in [-0.2, -0.15) is 0 Å². The Bertz CT molecular complexity index is 427. The first-order valence-electron chi connectivity index (χ1n) is 5.89. The maximum absolute atomic E-state index is 12.2. The Labute approximate surface area is 113 Å². The summed E-state index contributed by atoms with van der Waals surface area (Å²) in [5.74, 6) is -1.02. The van der Waals surface area contributed by atoms with Crippen LogP contribution in [0.5, 0.6) is 0 Å². The molecule has 0 aromatic carbocycles. The molecule has 0 aliphatic carbocycles. The maximum atomic E-state index is 12.2. The molecule has 5 atom stereocenters. The van der Waals surface area contributed by atoms with Crippen LogP contribution in [0, 0.1) is 11.8 Å². The number of carbonyl (C=O) groups is 2. The number of alkyl halides is 1. The van der Waals surface area contributed by atoms with E-state index in [0.29, 0.717) is 6.42 Å². The lowest BCUT2D eigenvalue weighted by molar-refractivity contribution is -0.140. The van der Waals surface area contributed by atoms with Crippen LogP contribution in [0.25, 0.3) is 0 Å². The number of β-lactam (4-membered cyclic amide) rings is 1. The van der Waals surface area contributed by atoms with Gasteiger partial charge in [0.15, 0.2) is 4.75 Å². The van der Waals surface area contributed by atoms with Gasteiger partial charge in [0.2, 0.25) is 11.0 Å². The van der Waals surface area contributed by atoms with Crippen LogP contribution in [0.1, 0.15) is 20.3 Å². The Hall–Kier alpha value is -0.460. The molecule has 2 saturated heterocycles. The number of hydrogen-bond donors (Lipinski definition) is 2. The fourth-order valence-electron chi connectivity index (χ4n) is 2.79. The van der Waals surface area contributed by atoms with Crippen LogP contribution < -0.4 is 5.32 Å². The van der Waals surface area contributed by atoms with E-state index in [0.717, 1.165) is 0 Å². The summed E-state index contributed by atoms with van der Waals surface area (Å²) in [5.41, 5.74) is 0. The zero-order chi connectivity index (χ0) is 13.7. The summed E-state index contributed by atoms with van der Waals surface area (Å²) in [6.45, 7) is 3.47. The highest BCUT2D eigenvalue weighted by Crippen LogP contribution is 2.46. The minimum atomic E-state index is -1.99. The third kappa shape index (κ3) is 1.52. The minimum absolute atomic E-state index is 0.245. The van der Waals surface area contributed by atoms with Crippen molar-refractivity contribution in [1.29, 1.82) is 0 Å². The molecule has 0 aromatic rings. The lowest BCUT2D eigenvalue weighted by Crippen LogP contribution is -2.77. The van der Waals surface area contributed by atoms with Crippen molar-refractivity contribution in [2.24, 2.45) is 11.8 Å². The molecule has 2 unspecified atom stereocenters. The summed E-state index contributed by atoms with van der Waals surface area (Å²) < 4.78 is 10.8. The predicted octanol–water partition coefficient (Wildman–Crippen LogP) is -0.226. The molecule has 0 radical (unpaired) electrons. The van der Waals surface area contributed by atoms with Crippen LogP contribution >= 0.6 is 11.6 Å². The van der Waals surface area contributed by atoms with E-state index in [-0.39, 0.29) is 11.8 Å². The predicted molar refractivity (Wildman–Crippen MR) is 67.5 cm³/mol. The second kappa shape index (κ2) is 4.58. The first kappa shape index (κ1) is 14.0. The molecule has 0 saturated carbocycles. The normalized spacial score (nSPS) is 40.4. The molecule has 5 nitrogen and oxygen atoms in total. The summed E-state index contributed by atoms with van der Waals surface area (Å²) in [5, 5.41) is 12.3. The van der Waals surface area contributed by atoms with E-state index < -0.39 is 44.6 Å². The Morgan fingerprint density at radius 3 is 2.56 bits per heavy atom. The average Bonchev–Trinajstić information content (AvgIpc) is 2.47. The molecule has 0 bridgehead atoms. The largest absolute Gasteiger partial charge is 0.391 e. The monoisotopic (exact) mass is 293 g/mol. The molecule has 2 fully saturated rings. The molecule has 102 valence electrons. The number of aliphatic hydroxyl groups is 1. The smallest absolute Gasteiger partial charge is 0.244 e. The van der Waals surface area contributed by atoms with Gasteiger partial charge in [0.25, 0.3) is 0 Å². The Morgan fingerprint density at radius 1 is 1.50 bits per heavy atom. The van der Waals surface area contributed by atoms with Gasteiger partial charge in [0.05, 0.1) is 18.1 Å². The van der Waals surface area contributed by atoms with E-state index in [2.05, 4.69) is 5.32 Å². The van der Waals surface area contributed by atoms with Crippen molar-refractivity contribution in [3.8, 4) is 0 Å². The second-order valence-corrected chi connectivity index (χ2v) is 7.10. The molecular weight excluding hydrogens is 278 g/mol. The number of amides is 1. The lowest BCUT2D eigenvalue weighted by Gasteiger charge is -2.47. The number of carbonyl (C=O) groups excluding carboxylic acids is 2. The zero-order valence-corrected chi connectivity index (χ0v) is 11.8. The van der Waals surface area contributed by atoms with Gasteiger partial charge in [0, 0.05) is 5.88 Å². The molecule has 2 N–H and O–H groups in total. The Morgan fingerprint density at radius 2 is 2.11 bits per heavy atom. The van der Waals surface area contributed by atoms with Gasteiger partial charge < -0.3 is 10.4 Å². The number of fused-ring (bicyclic) bond motifs is 1. The van der Waals surface area contributed by atoms with Crippen LogP contribution in [0.3, 0.4) is 0 Å². The SMILES string of the molecule is CC(C)[C@H](O)[C@]12C(=O)N[C@H]1C(CCCl)C(=O)S2=O. The topological polar surface area (TPSA) is 83.5 Å². The second-order valence-electron chi connectivity index (χ2n) is 5.11. The van der Waals surface area contributed by atoms with Crippen LogP contribution in [0.4, 0.5) is 0 Å². The van der Waals surface area contributed by atoms with Crippen molar-refractivity contribution >= 4 is 33.4 Å². The van der Waals surface area contributed by atoms with Gasteiger partial charge in [0.1, 0.15) is 10.8 Å². The summed E-state index contributed by atoms with van der Waals surface area (Å²) in [6.07, 6.45) is -0.717. The molecule has 0 spiro atoms. The zero-order valence-electron chi connectivity index (χ0n) is 10.2. The van der Waals surface area contributed by atoms with Gasteiger partial charge in [-0.25, -0.2) is 0 Å². The van der Waals surface area contributed by atoms with Crippen LogP contribution in [-0.4, -0.2) is 43.1 Å². The first-order valence-corrected chi connectivity index (χ1v) is 7.58. The van der Waals surface area contributed by atoms with Crippen molar-refractivity contribution in [3.63, 3.8) is 0 Å². The molecule has 18 heavy (non-hydrogen) atoms. The molecule has 2 rings (SSSR count). The number of halogens is 1. The van der Waals surface area contributed by atoms with Crippen LogP contribution in [-0.2, 0) is 20.4 Å². The summed E-state index contributed by atoms with van der Waals surface area (Å²) >= 11 is 5.63.